The number of halogens is 1. The number of ether oxygens (including phenoxy) is 2. The van der Waals surface area contributed by atoms with Crippen molar-refractivity contribution in [3.05, 3.63) is 47.1 Å². The molecule has 0 aliphatic rings. The second-order valence-electron chi connectivity index (χ2n) is 5.83. The summed E-state index contributed by atoms with van der Waals surface area (Å²) in [4.78, 5) is 28.0. The molecule has 9 heteroatoms. The number of pyridine rings is 1. The third kappa shape index (κ3) is 6.55. The lowest BCUT2D eigenvalue weighted by molar-refractivity contribution is -0.120. The number of amides is 2. The van der Waals surface area contributed by atoms with Crippen molar-refractivity contribution in [1.82, 2.24) is 10.4 Å². The minimum atomic E-state index is -0.314. The Kier molecular flexibility index (Phi) is 7.76. The Balaban J connectivity index is 1.85. The van der Waals surface area contributed by atoms with Crippen LogP contribution in [-0.2, 0) is 16.0 Å². The molecule has 28 heavy (non-hydrogen) atoms. The van der Waals surface area contributed by atoms with E-state index in [-0.39, 0.29) is 24.7 Å². The van der Waals surface area contributed by atoms with Crippen molar-refractivity contribution in [1.29, 1.82) is 0 Å². The molecule has 2 aromatic rings. The monoisotopic (exact) mass is 404 g/mol. The van der Waals surface area contributed by atoms with E-state index < -0.39 is 0 Å². The maximum atomic E-state index is 12.1. The second-order valence-corrected chi connectivity index (χ2v) is 6.27. The SMILES string of the molecule is COc1ccc(CC(=O)N/N=C(\C)CC(=O)Nc2ccc(Cl)cn2)cc1OC. The number of aromatic nitrogens is 1. The molecule has 0 spiro atoms. The molecule has 0 saturated carbocycles. The van der Waals surface area contributed by atoms with Gasteiger partial charge in [0.25, 0.3) is 0 Å². The number of nitrogens with zero attached hydrogens (tertiary/aromatic N) is 2. The van der Waals surface area contributed by atoms with Crippen molar-refractivity contribution in [3.8, 4) is 11.5 Å². The fourth-order valence-electron chi connectivity index (χ4n) is 2.28. The van der Waals surface area contributed by atoms with E-state index >= 15 is 0 Å². The van der Waals surface area contributed by atoms with E-state index in [0.29, 0.717) is 28.1 Å². The Labute approximate surface area is 167 Å². The Morgan fingerprint density at radius 3 is 2.50 bits per heavy atom. The molecule has 1 aromatic carbocycles. The maximum Gasteiger partial charge on any atom is 0.244 e. The molecule has 2 amide bonds. The molecule has 0 aliphatic carbocycles. The highest BCUT2D eigenvalue weighted by molar-refractivity contribution is 6.30. The zero-order valence-electron chi connectivity index (χ0n) is 15.8. The molecule has 1 heterocycles. The zero-order valence-corrected chi connectivity index (χ0v) is 16.5. The molecule has 0 bridgehead atoms. The van der Waals surface area contributed by atoms with Crippen molar-refractivity contribution >= 4 is 34.9 Å². The number of anilines is 1. The summed E-state index contributed by atoms with van der Waals surface area (Å²) >= 11 is 5.75. The van der Waals surface area contributed by atoms with Crippen LogP contribution < -0.4 is 20.2 Å². The third-order valence-corrected chi connectivity index (χ3v) is 3.82. The normalized spacial score (nSPS) is 10.9. The van der Waals surface area contributed by atoms with Crippen LogP contribution in [0.5, 0.6) is 11.5 Å². The number of benzene rings is 1. The number of carbonyl (C=O) groups is 2. The van der Waals surface area contributed by atoms with Gasteiger partial charge in [-0.25, -0.2) is 10.4 Å². The number of rotatable bonds is 8. The van der Waals surface area contributed by atoms with Crippen LogP contribution in [0.25, 0.3) is 0 Å². The third-order valence-electron chi connectivity index (χ3n) is 3.60. The summed E-state index contributed by atoms with van der Waals surface area (Å²) in [6, 6.07) is 8.44. The van der Waals surface area contributed by atoms with Gasteiger partial charge >= 0.3 is 0 Å². The van der Waals surface area contributed by atoms with Crippen LogP contribution >= 0.6 is 11.6 Å². The molecule has 0 aliphatic heterocycles. The summed E-state index contributed by atoms with van der Waals surface area (Å²) in [5.74, 6) is 0.901. The summed E-state index contributed by atoms with van der Waals surface area (Å²) in [5, 5.41) is 7.05. The van der Waals surface area contributed by atoms with Crippen LogP contribution in [0.15, 0.2) is 41.6 Å². The maximum absolute atomic E-state index is 12.1. The van der Waals surface area contributed by atoms with Crippen molar-refractivity contribution in [2.24, 2.45) is 5.10 Å². The lowest BCUT2D eigenvalue weighted by atomic mass is 10.1. The topological polar surface area (TPSA) is 102 Å². The van der Waals surface area contributed by atoms with Crippen LogP contribution in [0.2, 0.25) is 5.02 Å². The standard InChI is InChI=1S/C19H21ClN4O4/c1-12(8-18(25)22-17-7-5-14(20)11-21-17)23-24-19(26)10-13-4-6-15(27-2)16(9-13)28-3/h4-7,9,11H,8,10H2,1-3H3,(H,24,26)(H,21,22,25)/b23-12+. The van der Waals surface area contributed by atoms with E-state index in [2.05, 4.69) is 20.8 Å². The molecule has 0 fully saturated rings. The molecule has 0 unspecified atom stereocenters. The van der Waals surface area contributed by atoms with E-state index in [1.54, 1.807) is 44.4 Å². The summed E-state index contributed by atoms with van der Waals surface area (Å²) in [6.07, 6.45) is 1.56. The summed E-state index contributed by atoms with van der Waals surface area (Å²) in [5.41, 5.74) is 3.63. The van der Waals surface area contributed by atoms with Crippen molar-refractivity contribution in [3.63, 3.8) is 0 Å². The van der Waals surface area contributed by atoms with E-state index in [0.717, 1.165) is 5.56 Å². The Hall–Kier alpha value is -3.13. The van der Waals surface area contributed by atoms with E-state index in [4.69, 9.17) is 21.1 Å². The molecule has 8 nitrogen and oxygen atoms in total. The summed E-state index contributed by atoms with van der Waals surface area (Å²) in [6.45, 7) is 1.64. The van der Waals surface area contributed by atoms with E-state index in [9.17, 15) is 9.59 Å². The minimum absolute atomic E-state index is 0.0148. The fraction of sp³-hybridized carbons (Fsp3) is 0.263. The van der Waals surface area contributed by atoms with Gasteiger partial charge in [-0.2, -0.15) is 5.10 Å². The average molecular weight is 405 g/mol. The van der Waals surface area contributed by atoms with Crippen LogP contribution in [0.1, 0.15) is 18.9 Å². The van der Waals surface area contributed by atoms with Gasteiger partial charge in [0.2, 0.25) is 11.8 Å². The van der Waals surface area contributed by atoms with Gasteiger partial charge in [-0.3, -0.25) is 9.59 Å². The average Bonchev–Trinajstić information content (AvgIpc) is 2.68. The van der Waals surface area contributed by atoms with Gasteiger partial charge in [-0.15, -0.1) is 0 Å². The number of hydrogen-bond donors (Lipinski definition) is 2. The highest BCUT2D eigenvalue weighted by Crippen LogP contribution is 2.27. The Morgan fingerprint density at radius 1 is 1.11 bits per heavy atom. The lowest BCUT2D eigenvalue weighted by Gasteiger charge is -2.09. The number of hydrogen-bond acceptors (Lipinski definition) is 6. The van der Waals surface area contributed by atoms with Crippen molar-refractivity contribution < 1.29 is 19.1 Å². The number of nitrogens with one attached hydrogen (secondary N) is 2. The van der Waals surface area contributed by atoms with Gasteiger partial charge in [0.15, 0.2) is 11.5 Å². The van der Waals surface area contributed by atoms with E-state index in [1.165, 1.54) is 13.3 Å². The van der Waals surface area contributed by atoms with Gasteiger partial charge in [-0.05, 0) is 36.8 Å². The second kappa shape index (κ2) is 10.3. The molecular formula is C19H21ClN4O4. The van der Waals surface area contributed by atoms with Crippen molar-refractivity contribution in [2.45, 2.75) is 19.8 Å². The quantitative estimate of drug-likeness (QED) is 0.520. The van der Waals surface area contributed by atoms with Gasteiger partial charge in [-0.1, -0.05) is 17.7 Å². The molecule has 0 saturated heterocycles. The highest BCUT2D eigenvalue weighted by atomic mass is 35.5. The molecule has 0 atom stereocenters. The molecule has 2 rings (SSSR count). The predicted molar refractivity (Wildman–Crippen MR) is 107 cm³/mol. The number of hydrazone groups is 1. The number of methoxy groups -OCH3 is 2. The first-order valence-electron chi connectivity index (χ1n) is 8.35. The van der Waals surface area contributed by atoms with Crippen LogP contribution in [0, 0.1) is 0 Å². The first-order chi connectivity index (χ1) is 13.4. The zero-order chi connectivity index (χ0) is 20.5. The molecule has 148 valence electrons. The molecule has 1 aromatic heterocycles. The van der Waals surface area contributed by atoms with Crippen molar-refractivity contribution in [2.75, 3.05) is 19.5 Å². The lowest BCUT2D eigenvalue weighted by Crippen LogP contribution is -2.23. The van der Waals surface area contributed by atoms with Gasteiger partial charge in [0, 0.05) is 11.9 Å². The van der Waals surface area contributed by atoms with Gasteiger partial charge in [0.05, 0.1) is 32.1 Å². The fourth-order valence-corrected chi connectivity index (χ4v) is 2.39. The largest absolute Gasteiger partial charge is 0.493 e. The minimum Gasteiger partial charge on any atom is -0.493 e. The Bertz CT molecular complexity index is 869. The Morgan fingerprint density at radius 2 is 1.86 bits per heavy atom. The van der Waals surface area contributed by atoms with Crippen LogP contribution in [0.4, 0.5) is 5.82 Å². The van der Waals surface area contributed by atoms with Gasteiger partial charge in [0.1, 0.15) is 5.82 Å². The summed E-state index contributed by atoms with van der Waals surface area (Å²) in [7, 11) is 3.07. The molecule has 0 radical (unpaired) electrons. The first-order valence-corrected chi connectivity index (χ1v) is 8.73. The smallest absolute Gasteiger partial charge is 0.244 e. The highest BCUT2D eigenvalue weighted by Gasteiger charge is 2.09. The van der Waals surface area contributed by atoms with Gasteiger partial charge < -0.3 is 14.8 Å². The van der Waals surface area contributed by atoms with Crippen LogP contribution in [0.3, 0.4) is 0 Å². The van der Waals surface area contributed by atoms with Crippen LogP contribution in [-0.4, -0.2) is 36.7 Å². The van der Waals surface area contributed by atoms with E-state index in [1.807, 2.05) is 0 Å². The first kappa shape index (κ1) is 21.2. The predicted octanol–water partition coefficient (Wildman–Crippen LogP) is 2.82. The summed E-state index contributed by atoms with van der Waals surface area (Å²) < 4.78 is 10.4. The molecule has 2 N–H and O–H groups in total. The number of carbonyl (C=O) groups excluding carboxylic acids is 2. The molecular weight excluding hydrogens is 384 g/mol.